The van der Waals surface area contributed by atoms with Crippen LogP contribution in [0.25, 0.3) is 0 Å². The van der Waals surface area contributed by atoms with E-state index in [1.807, 2.05) is 0 Å². The summed E-state index contributed by atoms with van der Waals surface area (Å²) in [4.78, 5) is 24.1. The summed E-state index contributed by atoms with van der Waals surface area (Å²) in [6.45, 7) is 2.15. The second-order valence-corrected chi connectivity index (χ2v) is 3.44. The molecule has 0 aromatic carbocycles. The van der Waals surface area contributed by atoms with Gasteiger partial charge in [0.15, 0.2) is 0 Å². The molecule has 0 saturated carbocycles. The van der Waals surface area contributed by atoms with Gasteiger partial charge in [-0.1, -0.05) is 0 Å². The van der Waals surface area contributed by atoms with Gasteiger partial charge in [-0.2, -0.15) is 0 Å². The van der Waals surface area contributed by atoms with E-state index in [4.69, 9.17) is 0 Å². The minimum Gasteiger partial charge on any atom is -0.345 e. The molecule has 0 bridgehead atoms. The molecule has 2 fully saturated rings. The number of carbonyl (C=O) groups is 2. The SMILES string of the molecule is O=C1CN(C2CCNC2)C(=O)CN1. The number of carbonyl (C=O) groups excluding carboxylic acids is 2. The minimum absolute atomic E-state index is 0.0355. The lowest BCUT2D eigenvalue weighted by molar-refractivity contribution is -0.142. The molecule has 1 atom stereocenters. The lowest BCUT2D eigenvalue weighted by atomic mass is 10.2. The number of nitrogens with zero attached hydrogens (tertiary/aromatic N) is 1. The zero-order valence-corrected chi connectivity index (χ0v) is 7.38. The van der Waals surface area contributed by atoms with Crippen molar-refractivity contribution in [2.75, 3.05) is 26.2 Å². The molecular formula is C8H13N3O2. The molecule has 1 unspecified atom stereocenters. The molecule has 72 valence electrons. The van der Waals surface area contributed by atoms with Crippen molar-refractivity contribution >= 4 is 11.8 Å². The molecule has 0 spiro atoms. The van der Waals surface area contributed by atoms with Crippen LogP contribution in [0.3, 0.4) is 0 Å². The fourth-order valence-electron chi connectivity index (χ4n) is 1.81. The fraction of sp³-hybridized carbons (Fsp3) is 0.750. The van der Waals surface area contributed by atoms with Gasteiger partial charge in [-0.15, -0.1) is 0 Å². The Morgan fingerprint density at radius 1 is 1.38 bits per heavy atom. The van der Waals surface area contributed by atoms with E-state index in [2.05, 4.69) is 10.6 Å². The van der Waals surface area contributed by atoms with Crippen LogP contribution in [0.4, 0.5) is 0 Å². The first kappa shape index (κ1) is 8.50. The number of hydrogen-bond acceptors (Lipinski definition) is 3. The molecular weight excluding hydrogens is 170 g/mol. The first-order valence-electron chi connectivity index (χ1n) is 4.54. The maximum atomic E-state index is 11.4. The van der Waals surface area contributed by atoms with Crippen LogP contribution in [0.5, 0.6) is 0 Å². The van der Waals surface area contributed by atoms with Crippen LogP contribution < -0.4 is 10.6 Å². The van der Waals surface area contributed by atoms with Gasteiger partial charge in [0.1, 0.15) is 0 Å². The number of rotatable bonds is 1. The van der Waals surface area contributed by atoms with Gasteiger partial charge < -0.3 is 15.5 Å². The minimum atomic E-state index is -0.0495. The lowest BCUT2D eigenvalue weighted by Gasteiger charge is -2.31. The highest BCUT2D eigenvalue weighted by atomic mass is 16.2. The Bertz CT molecular complexity index is 236. The molecule has 2 saturated heterocycles. The number of amides is 2. The summed E-state index contributed by atoms with van der Waals surface area (Å²) in [6, 6.07) is 0.221. The summed E-state index contributed by atoms with van der Waals surface area (Å²) in [5.41, 5.74) is 0. The quantitative estimate of drug-likeness (QED) is 0.510. The Balaban J connectivity index is 2.02. The largest absolute Gasteiger partial charge is 0.345 e. The predicted molar refractivity (Wildman–Crippen MR) is 46.0 cm³/mol. The van der Waals surface area contributed by atoms with Crippen molar-refractivity contribution in [3.63, 3.8) is 0 Å². The second kappa shape index (κ2) is 3.33. The molecule has 0 aromatic rings. The molecule has 5 heteroatoms. The van der Waals surface area contributed by atoms with Crippen LogP contribution in [-0.4, -0.2) is 48.9 Å². The molecule has 13 heavy (non-hydrogen) atoms. The molecule has 2 aliphatic rings. The molecule has 2 N–H and O–H groups in total. The van der Waals surface area contributed by atoms with Gasteiger partial charge in [0.2, 0.25) is 11.8 Å². The Morgan fingerprint density at radius 3 is 2.92 bits per heavy atom. The van der Waals surface area contributed by atoms with Gasteiger partial charge in [-0.25, -0.2) is 0 Å². The molecule has 2 rings (SSSR count). The van der Waals surface area contributed by atoms with Crippen LogP contribution in [0.1, 0.15) is 6.42 Å². The Hall–Kier alpha value is -1.10. The number of nitrogens with one attached hydrogen (secondary N) is 2. The zero-order chi connectivity index (χ0) is 9.26. The Labute approximate surface area is 76.5 Å². The van der Waals surface area contributed by atoms with E-state index in [1.54, 1.807) is 4.90 Å². The Kier molecular flexibility index (Phi) is 2.18. The predicted octanol–water partition coefficient (Wildman–Crippen LogP) is -1.69. The molecule has 0 radical (unpaired) electrons. The summed E-state index contributed by atoms with van der Waals surface area (Å²) in [6.07, 6.45) is 0.957. The van der Waals surface area contributed by atoms with E-state index in [0.29, 0.717) is 0 Å². The topological polar surface area (TPSA) is 61.4 Å². The van der Waals surface area contributed by atoms with Crippen LogP contribution in [0.2, 0.25) is 0 Å². The fourth-order valence-corrected chi connectivity index (χ4v) is 1.81. The van der Waals surface area contributed by atoms with Gasteiger partial charge in [-0.3, -0.25) is 9.59 Å². The first-order valence-corrected chi connectivity index (χ1v) is 4.54. The van der Waals surface area contributed by atoms with E-state index in [9.17, 15) is 9.59 Å². The van der Waals surface area contributed by atoms with Crippen molar-refractivity contribution in [2.24, 2.45) is 0 Å². The average molecular weight is 183 g/mol. The van der Waals surface area contributed by atoms with Gasteiger partial charge >= 0.3 is 0 Å². The smallest absolute Gasteiger partial charge is 0.242 e. The van der Waals surface area contributed by atoms with E-state index >= 15 is 0 Å². The van der Waals surface area contributed by atoms with Gasteiger partial charge in [0, 0.05) is 12.6 Å². The second-order valence-electron chi connectivity index (χ2n) is 3.44. The molecule has 2 aliphatic heterocycles. The van der Waals surface area contributed by atoms with Gasteiger partial charge in [-0.05, 0) is 13.0 Å². The third kappa shape index (κ3) is 1.65. The van der Waals surface area contributed by atoms with E-state index in [1.165, 1.54) is 0 Å². The van der Waals surface area contributed by atoms with Crippen molar-refractivity contribution in [2.45, 2.75) is 12.5 Å². The Morgan fingerprint density at radius 2 is 2.23 bits per heavy atom. The summed E-state index contributed by atoms with van der Waals surface area (Å²) in [5, 5.41) is 5.71. The lowest BCUT2D eigenvalue weighted by Crippen LogP contribution is -2.55. The monoisotopic (exact) mass is 183 g/mol. The summed E-state index contributed by atoms with van der Waals surface area (Å²) >= 11 is 0. The van der Waals surface area contributed by atoms with Crippen molar-refractivity contribution in [3.8, 4) is 0 Å². The van der Waals surface area contributed by atoms with Crippen molar-refractivity contribution in [1.29, 1.82) is 0 Å². The zero-order valence-electron chi connectivity index (χ0n) is 7.38. The first-order chi connectivity index (χ1) is 6.27. The van der Waals surface area contributed by atoms with Crippen molar-refractivity contribution in [3.05, 3.63) is 0 Å². The van der Waals surface area contributed by atoms with Gasteiger partial charge in [0.05, 0.1) is 13.1 Å². The molecule has 5 nitrogen and oxygen atoms in total. The number of piperazine rings is 1. The molecule has 0 aromatic heterocycles. The maximum absolute atomic E-state index is 11.4. The summed E-state index contributed by atoms with van der Waals surface area (Å²) in [7, 11) is 0. The molecule has 0 aliphatic carbocycles. The van der Waals surface area contributed by atoms with E-state index < -0.39 is 0 Å². The van der Waals surface area contributed by atoms with Crippen LogP contribution in [0, 0.1) is 0 Å². The van der Waals surface area contributed by atoms with Crippen LogP contribution in [-0.2, 0) is 9.59 Å². The summed E-state index contributed by atoms with van der Waals surface area (Å²) < 4.78 is 0. The highest BCUT2D eigenvalue weighted by molar-refractivity contribution is 5.92. The molecule has 2 amide bonds. The van der Waals surface area contributed by atoms with Crippen LogP contribution >= 0.6 is 0 Å². The van der Waals surface area contributed by atoms with Crippen molar-refractivity contribution < 1.29 is 9.59 Å². The highest BCUT2D eigenvalue weighted by Crippen LogP contribution is 2.09. The molecule has 2 heterocycles. The summed E-state index contributed by atoms with van der Waals surface area (Å²) in [5.74, 6) is -0.0141. The normalized spacial score (nSPS) is 29.2. The maximum Gasteiger partial charge on any atom is 0.242 e. The highest BCUT2D eigenvalue weighted by Gasteiger charge is 2.30. The number of hydrogen-bond donors (Lipinski definition) is 2. The third-order valence-corrected chi connectivity index (χ3v) is 2.55. The van der Waals surface area contributed by atoms with Crippen molar-refractivity contribution in [1.82, 2.24) is 15.5 Å². The standard InChI is InChI=1S/C8H13N3O2/c12-7-5-11(8(13)4-10-7)6-1-2-9-3-6/h6,9H,1-5H2,(H,10,12). The van der Waals surface area contributed by atoms with E-state index in [-0.39, 0.29) is 30.9 Å². The van der Waals surface area contributed by atoms with E-state index in [0.717, 1.165) is 19.5 Å². The van der Waals surface area contributed by atoms with Gasteiger partial charge in [0.25, 0.3) is 0 Å². The third-order valence-electron chi connectivity index (χ3n) is 2.55. The van der Waals surface area contributed by atoms with Crippen LogP contribution in [0.15, 0.2) is 0 Å². The average Bonchev–Trinajstić information content (AvgIpc) is 2.61.